The minimum atomic E-state index is -2.72. The quantitative estimate of drug-likeness (QED) is 0.670. The minimum absolute atomic E-state index is 0.176. The van der Waals surface area contributed by atoms with Crippen molar-refractivity contribution in [2.24, 2.45) is 5.92 Å². The third-order valence-electron chi connectivity index (χ3n) is 4.25. The first-order valence-corrected chi connectivity index (χ1v) is 8.46. The Hall–Kier alpha value is -1.59. The molecule has 1 amide bonds. The van der Waals surface area contributed by atoms with Gasteiger partial charge < -0.3 is 9.64 Å². The average molecular weight is 328 g/mol. The summed E-state index contributed by atoms with van der Waals surface area (Å²) in [7, 11) is 0. The van der Waals surface area contributed by atoms with E-state index in [1.165, 1.54) is 0 Å². The van der Waals surface area contributed by atoms with Crippen LogP contribution in [0.25, 0.3) is 0 Å². The Morgan fingerprint density at radius 2 is 1.83 bits per heavy atom. The Kier molecular flexibility index (Phi) is 6.66. The first-order valence-electron chi connectivity index (χ1n) is 9.96. The minimum Gasteiger partial charge on any atom is -0.461 e. The summed E-state index contributed by atoms with van der Waals surface area (Å²) in [5.41, 5.74) is 0. The van der Waals surface area contributed by atoms with Crippen molar-refractivity contribution in [3.05, 3.63) is 0 Å². The van der Waals surface area contributed by atoms with Gasteiger partial charge in [-0.3, -0.25) is 20.3 Å². The summed E-state index contributed by atoms with van der Waals surface area (Å²) < 4.78 is 27.9. The van der Waals surface area contributed by atoms with Gasteiger partial charge in [-0.2, -0.15) is 0 Å². The molecule has 6 nitrogen and oxygen atoms in total. The van der Waals surface area contributed by atoms with Gasteiger partial charge in [0.05, 0.1) is 0 Å². The summed E-state index contributed by atoms with van der Waals surface area (Å²) in [4.78, 5) is 24.6. The van der Waals surface area contributed by atoms with E-state index in [4.69, 9.17) is 14.3 Å². The van der Waals surface area contributed by atoms with Crippen molar-refractivity contribution in [1.82, 2.24) is 10.2 Å². The molecule has 23 heavy (non-hydrogen) atoms. The van der Waals surface area contributed by atoms with Crippen LogP contribution < -0.4 is 5.32 Å². The van der Waals surface area contributed by atoms with E-state index in [0.717, 1.165) is 38.5 Å². The van der Waals surface area contributed by atoms with Gasteiger partial charge in [0.1, 0.15) is 12.6 Å². The van der Waals surface area contributed by atoms with Gasteiger partial charge in [0, 0.05) is 17.5 Å². The molecule has 0 aromatic heterocycles. The molecule has 132 valence electrons. The maximum atomic E-state index is 12.1. The zero-order valence-electron chi connectivity index (χ0n) is 17.2. The van der Waals surface area contributed by atoms with E-state index in [-0.39, 0.29) is 18.4 Å². The fourth-order valence-electron chi connectivity index (χ4n) is 2.52. The Morgan fingerprint density at radius 1 is 1.17 bits per heavy atom. The Labute approximate surface area is 143 Å². The average Bonchev–Trinajstić information content (AvgIpc) is 2.52. The molecule has 0 aromatic carbocycles. The molecule has 0 aliphatic carbocycles. The van der Waals surface area contributed by atoms with Crippen molar-refractivity contribution in [2.45, 2.75) is 71.3 Å². The zero-order valence-corrected chi connectivity index (χ0v) is 14.2. The highest BCUT2D eigenvalue weighted by Gasteiger charge is 2.19. The van der Waals surface area contributed by atoms with E-state index in [0.29, 0.717) is 11.3 Å². The second-order valence-electron chi connectivity index (χ2n) is 6.32. The summed E-state index contributed by atoms with van der Waals surface area (Å²) >= 11 is 0. The van der Waals surface area contributed by atoms with E-state index in [9.17, 15) is 9.59 Å². The van der Waals surface area contributed by atoms with Crippen LogP contribution in [-0.4, -0.2) is 42.4 Å². The van der Waals surface area contributed by atoms with Gasteiger partial charge in [-0.15, -0.1) is 0 Å². The topological polar surface area (TPSA) is 82.5 Å². The smallest absolute Gasteiger partial charge is 0.325 e. The lowest BCUT2D eigenvalue weighted by molar-refractivity contribution is -0.150. The van der Waals surface area contributed by atoms with Crippen molar-refractivity contribution in [2.75, 3.05) is 13.5 Å². The second-order valence-corrected chi connectivity index (χ2v) is 6.32. The molecular formula is C17H31N3O3. The molecule has 2 atom stereocenters. The molecule has 6 heteroatoms. The predicted molar refractivity (Wildman–Crippen MR) is 90.2 cm³/mol. The van der Waals surface area contributed by atoms with E-state index in [1.54, 1.807) is 6.92 Å². The van der Waals surface area contributed by atoms with Crippen molar-refractivity contribution < 1.29 is 18.4 Å². The third-order valence-corrected chi connectivity index (χ3v) is 4.25. The maximum Gasteiger partial charge on any atom is 0.325 e. The number of guanidine groups is 1. The zero-order chi connectivity index (χ0) is 19.7. The highest BCUT2D eigenvalue weighted by molar-refractivity contribution is 5.96. The lowest BCUT2D eigenvalue weighted by Crippen LogP contribution is -2.44. The van der Waals surface area contributed by atoms with Gasteiger partial charge in [0.15, 0.2) is 5.96 Å². The second kappa shape index (κ2) is 10.2. The molecule has 1 heterocycles. The van der Waals surface area contributed by atoms with Gasteiger partial charge >= 0.3 is 5.97 Å². The van der Waals surface area contributed by atoms with Crippen molar-refractivity contribution in [1.29, 1.82) is 5.41 Å². The molecule has 1 saturated heterocycles. The van der Waals surface area contributed by atoms with Crippen molar-refractivity contribution >= 4 is 17.8 Å². The van der Waals surface area contributed by atoms with Crippen LogP contribution in [0.1, 0.15) is 69.3 Å². The molecular weight excluding hydrogens is 294 g/mol. The monoisotopic (exact) mass is 328 g/mol. The summed E-state index contributed by atoms with van der Waals surface area (Å²) in [6, 6.07) is 0. The molecule has 1 aliphatic rings. The maximum absolute atomic E-state index is 12.1. The van der Waals surface area contributed by atoms with E-state index in [2.05, 4.69) is 5.32 Å². The largest absolute Gasteiger partial charge is 0.461 e. The molecule has 2 N–H and O–H groups in total. The number of amides is 1. The number of rotatable bonds is 0. The lowest BCUT2D eigenvalue weighted by atomic mass is 9.97. The fraction of sp³-hybridized carbons (Fsp3) is 0.824. The Bertz CT molecular complexity index is 497. The third kappa shape index (κ3) is 8.00. The van der Waals surface area contributed by atoms with E-state index in [1.807, 2.05) is 6.92 Å². The van der Waals surface area contributed by atoms with Crippen LogP contribution in [0.15, 0.2) is 0 Å². The molecule has 0 radical (unpaired) electrons. The number of hydrogen-bond acceptors (Lipinski definition) is 4. The van der Waals surface area contributed by atoms with Gasteiger partial charge in [0.25, 0.3) is 0 Å². The van der Waals surface area contributed by atoms with E-state index < -0.39 is 31.4 Å². The molecule has 0 aromatic rings. The molecule has 1 fully saturated rings. The number of nitrogens with zero attached hydrogens (tertiary/aromatic N) is 1. The van der Waals surface area contributed by atoms with Gasteiger partial charge in [-0.05, 0) is 25.7 Å². The normalized spacial score (nSPS) is 29.6. The number of cyclic esters (lactones) is 1. The van der Waals surface area contributed by atoms with E-state index >= 15 is 0 Å². The van der Waals surface area contributed by atoms with Gasteiger partial charge in [-0.1, -0.05) is 39.0 Å². The number of nitrogens with one attached hydrogen (secondary N) is 2. The molecule has 0 saturated carbocycles. The Balaban J connectivity index is 2.84. The highest BCUT2D eigenvalue weighted by atomic mass is 16.5. The first-order chi connectivity index (χ1) is 12.1. The number of likely N-dealkylation sites (N-methyl/N-ethyl adjacent to an activating group) is 1. The molecule has 1 rings (SSSR count). The van der Waals surface area contributed by atoms with Crippen LogP contribution in [-0.2, 0) is 14.3 Å². The standard InChI is InChI=1S/C17H31N3O3/c1-13-10-8-6-4-5-7-9-11-15(21)19-17(18)20(3)12-16(22)23-14(13)2/h13-14H,4-12H2,1-3H3,(H2,18,19,21)/t13-,14-/m0/s1/i3D3. The number of hydrogen-bond donors (Lipinski definition) is 2. The number of ether oxygens (including phenoxy) is 1. The lowest BCUT2D eigenvalue weighted by Gasteiger charge is -2.23. The van der Waals surface area contributed by atoms with Gasteiger partial charge in [-0.25, -0.2) is 0 Å². The molecule has 1 aliphatic heterocycles. The van der Waals surface area contributed by atoms with Crippen LogP contribution in [0, 0.1) is 11.3 Å². The first kappa shape index (κ1) is 15.0. The number of carbonyl (C=O) groups excluding carboxylic acids is 2. The van der Waals surface area contributed by atoms with Gasteiger partial charge in [0.2, 0.25) is 5.91 Å². The molecule has 0 bridgehead atoms. The summed E-state index contributed by atoms with van der Waals surface area (Å²) in [5.74, 6) is -1.56. The molecule has 0 spiro atoms. The van der Waals surface area contributed by atoms with Crippen LogP contribution >= 0.6 is 0 Å². The SMILES string of the molecule is [2H]C([2H])([2H])N1CC(=O)O[C@@H](C)[C@@H](C)CCCCCCCCC(=O)NC1=N. The number of carbonyl (C=O) groups is 2. The van der Waals surface area contributed by atoms with Crippen LogP contribution in [0.5, 0.6) is 0 Å². The van der Waals surface area contributed by atoms with Crippen LogP contribution in [0.3, 0.4) is 0 Å². The fourth-order valence-corrected chi connectivity index (χ4v) is 2.52. The summed E-state index contributed by atoms with van der Waals surface area (Å²) in [6.07, 6.45) is 6.77. The van der Waals surface area contributed by atoms with Crippen molar-refractivity contribution in [3.63, 3.8) is 0 Å². The van der Waals surface area contributed by atoms with Crippen LogP contribution in [0.2, 0.25) is 0 Å². The number of esters is 1. The summed E-state index contributed by atoms with van der Waals surface area (Å²) in [6.45, 7) is 0.479. The van der Waals surface area contributed by atoms with Crippen LogP contribution in [0.4, 0.5) is 0 Å². The molecule has 0 unspecified atom stereocenters. The highest BCUT2D eigenvalue weighted by Crippen LogP contribution is 2.17. The summed E-state index contributed by atoms with van der Waals surface area (Å²) in [5, 5.41) is 10.2. The Morgan fingerprint density at radius 3 is 2.52 bits per heavy atom. The predicted octanol–water partition coefficient (Wildman–Crippen LogP) is 2.67. The van der Waals surface area contributed by atoms with Crippen molar-refractivity contribution in [3.8, 4) is 0 Å².